The number of amides is 1. The number of carbonyl (C=O) groups excluding carboxylic acids is 1. The van der Waals surface area contributed by atoms with Crippen LogP contribution in [0.5, 0.6) is 0 Å². The number of aromatic amines is 1. The van der Waals surface area contributed by atoms with Gasteiger partial charge in [0, 0.05) is 11.9 Å². The molecular formula is C12H8N4O2. The first-order valence-electron chi connectivity index (χ1n) is 5.05. The van der Waals surface area contributed by atoms with Crippen molar-refractivity contribution in [2.75, 3.05) is 5.32 Å². The lowest BCUT2D eigenvalue weighted by atomic mass is 10.2. The summed E-state index contributed by atoms with van der Waals surface area (Å²) in [7, 11) is 0. The summed E-state index contributed by atoms with van der Waals surface area (Å²) >= 11 is 0. The van der Waals surface area contributed by atoms with Crippen LogP contribution in [0.2, 0.25) is 0 Å². The Hall–Kier alpha value is -2.94. The van der Waals surface area contributed by atoms with Gasteiger partial charge in [-0.1, -0.05) is 0 Å². The van der Waals surface area contributed by atoms with Crippen LogP contribution in [-0.4, -0.2) is 15.9 Å². The van der Waals surface area contributed by atoms with Gasteiger partial charge in [0.15, 0.2) is 0 Å². The van der Waals surface area contributed by atoms with Crippen molar-refractivity contribution in [2.45, 2.75) is 0 Å². The number of aromatic nitrogens is 2. The van der Waals surface area contributed by atoms with E-state index in [4.69, 9.17) is 5.26 Å². The van der Waals surface area contributed by atoms with Crippen LogP contribution in [-0.2, 0) is 0 Å². The zero-order chi connectivity index (χ0) is 13.0. The Bertz CT molecular complexity index is 667. The van der Waals surface area contributed by atoms with Gasteiger partial charge < -0.3 is 10.3 Å². The van der Waals surface area contributed by atoms with Gasteiger partial charge in [0.25, 0.3) is 11.5 Å². The first-order chi connectivity index (χ1) is 8.70. The molecule has 88 valence electrons. The summed E-state index contributed by atoms with van der Waals surface area (Å²) in [4.78, 5) is 29.1. The molecule has 0 aliphatic carbocycles. The second-order valence-electron chi connectivity index (χ2n) is 3.44. The molecule has 0 radical (unpaired) electrons. The van der Waals surface area contributed by atoms with Gasteiger partial charge in [-0.3, -0.25) is 9.59 Å². The van der Waals surface area contributed by atoms with Gasteiger partial charge in [-0.15, -0.1) is 0 Å². The summed E-state index contributed by atoms with van der Waals surface area (Å²) in [6, 6.07) is 8.28. The molecule has 1 amide bonds. The van der Waals surface area contributed by atoms with Crippen LogP contribution >= 0.6 is 0 Å². The second kappa shape index (κ2) is 4.93. The number of nitriles is 1. The Labute approximate surface area is 102 Å². The van der Waals surface area contributed by atoms with Crippen LogP contribution in [0.1, 0.15) is 15.9 Å². The predicted octanol–water partition coefficient (Wildman–Crippen LogP) is 0.894. The molecule has 2 N–H and O–H groups in total. The van der Waals surface area contributed by atoms with Crippen molar-refractivity contribution >= 4 is 11.6 Å². The maximum absolute atomic E-state index is 11.8. The van der Waals surface area contributed by atoms with Crippen molar-refractivity contribution < 1.29 is 4.79 Å². The summed E-state index contributed by atoms with van der Waals surface area (Å²) in [6.45, 7) is 0. The minimum absolute atomic E-state index is 0.0677. The molecule has 0 aliphatic heterocycles. The quantitative estimate of drug-likeness (QED) is 0.814. The van der Waals surface area contributed by atoms with Gasteiger partial charge in [0.1, 0.15) is 5.56 Å². The number of carbonyl (C=O) groups is 1. The van der Waals surface area contributed by atoms with E-state index in [1.165, 1.54) is 12.5 Å². The normalized spacial score (nSPS) is 9.50. The largest absolute Gasteiger partial charge is 0.322 e. The van der Waals surface area contributed by atoms with E-state index in [1.807, 2.05) is 6.07 Å². The minimum Gasteiger partial charge on any atom is -0.322 e. The highest BCUT2D eigenvalue weighted by Crippen LogP contribution is 2.09. The van der Waals surface area contributed by atoms with Gasteiger partial charge >= 0.3 is 0 Å². The third-order valence-electron chi connectivity index (χ3n) is 2.23. The summed E-state index contributed by atoms with van der Waals surface area (Å²) in [5, 5.41) is 11.2. The lowest BCUT2D eigenvalue weighted by molar-refractivity contribution is 0.102. The first kappa shape index (κ1) is 11.5. The fourth-order valence-corrected chi connectivity index (χ4v) is 1.33. The molecule has 18 heavy (non-hydrogen) atoms. The number of benzene rings is 1. The molecule has 0 bridgehead atoms. The Morgan fingerprint density at radius 1 is 1.33 bits per heavy atom. The average molecular weight is 240 g/mol. The molecule has 6 nitrogen and oxygen atoms in total. The molecule has 2 aromatic rings. The van der Waals surface area contributed by atoms with E-state index in [0.717, 1.165) is 0 Å². The Kier molecular flexibility index (Phi) is 3.16. The number of hydrogen-bond donors (Lipinski definition) is 2. The summed E-state index contributed by atoms with van der Waals surface area (Å²) in [6.07, 6.45) is 2.40. The standard InChI is InChI=1S/C12H8N4O2/c13-5-8-1-3-9(4-2-8)16-12(18)10-6-14-7-15-11(10)17/h1-4,6-7H,(H,16,18)(H,14,15,17). The summed E-state index contributed by atoms with van der Waals surface area (Å²) in [5.74, 6) is -0.547. The Morgan fingerprint density at radius 2 is 2.06 bits per heavy atom. The van der Waals surface area contributed by atoms with Crippen molar-refractivity contribution in [3.8, 4) is 6.07 Å². The van der Waals surface area contributed by atoms with Gasteiger partial charge in [0.05, 0.1) is 18.0 Å². The van der Waals surface area contributed by atoms with Gasteiger partial charge in [-0.2, -0.15) is 5.26 Å². The van der Waals surface area contributed by atoms with E-state index < -0.39 is 11.5 Å². The van der Waals surface area contributed by atoms with Crippen LogP contribution in [0.4, 0.5) is 5.69 Å². The lowest BCUT2D eigenvalue weighted by Gasteiger charge is -2.03. The van der Waals surface area contributed by atoms with Crippen molar-refractivity contribution in [1.29, 1.82) is 5.26 Å². The minimum atomic E-state index is -0.547. The zero-order valence-corrected chi connectivity index (χ0v) is 9.18. The molecule has 1 aromatic carbocycles. The Morgan fingerprint density at radius 3 is 2.67 bits per heavy atom. The molecule has 6 heteroatoms. The van der Waals surface area contributed by atoms with E-state index in [9.17, 15) is 9.59 Å². The molecule has 0 spiro atoms. The molecule has 2 rings (SSSR count). The zero-order valence-electron chi connectivity index (χ0n) is 9.18. The van der Waals surface area contributed by atoms with Crippen molar-refractivity contribution in [3.05, 3.63) is 58.3 Å². The van der Waals surface area contributed by atoms with Crippen LogP contribution in [0, 0.1) is 11.3 Å². The third-order valence-corrected chi connectivity index (χ3v) is 2.23. The van der Waals surface area contributed by atoms with E-state index >= 15 is 0 Å². The molecule has 1 heterocycles. The van der Waals surface area contributed by atoms with Crippen LogP contribution in [0.15, 0.2) is 41.6 Å². The van der Waals surface area contributed by atoms with Crippen LogP contribution in [0.25, 0.3) is 0 Å². The monoisotopic (exact) mass is 240 g/mol. The molecule has 0 unspecified atom stereocenters. The van der Waals surface area contributed by atoms with E-state index in [1.54, 1.807) is 24.3 Å². The molecule has 0 aliphatic rings. The smallest absolute Gasteiger partial charge is 0.263 e. The van der Waals surface area contributed by atoms with E-state index in [2.05, 4.69) is 15.3 Å². The Balaban J connectivity index is 2.19. The average Bonchev–Trinajstić information content (AvgIpc) is 2.40. The maximum Gasteiger partial charge on any atom is 0.263 e. The maximum atomic E-state index is 11.8. The topological polar surface area (TPSA) is 98.6 Å². The number of rotatable bonds is 2. The fourth-order valence-electron chi connectivity index (χ4n) is 1.33. The fraction of sp³-hybridized carbons (Fsp3) is 0. The van der Waals surface area contributed by atoms with Crippen molar-refractivity contribution in [1.82, 2.24) is 9.97 Å². The highest BCUT2D eigenvalue weighted by Gasteiger charge is 2.10. The molecule has 0 atom stereocenters. The summed E-state index contributed by atoms with van der Waals surface area (Å²) in [5.41, 5.74) is 0.424. The SMILES string of the molecule is N#Cc1ccc(NC(=O)c2cnc[nH]c2=O)cc1. The van der Waals surface area contributed by atoms with E-state index in [-0.39, 0.29) is 5.56 Å². The van der Waals surface area contributed by atoms with Crippen molar-refractivity contribution in [3.63, 3.8) is 0 Å². The third kappa shape index (κ3) is 2.41. The number of nitrogens with zero attached hydrogens (tertiary/aromatic N) is 2. The highest BCUT2D eigenvalue weighted by molar-refractivity contribution is 6.03. The highest BCUT2D eigenvalue weighted by atomic mass is 16.2. The first-order valence-corrected chi connectivity index (χ1v) is 5.05. The molecule has 1 aromatic heterocycles. The van der Waals surface area contributed by atoms with E-state index in [0.29, 0.717) is 11.3 Å². The number of nitrogens with one attached hydrogen (secondary N) is 2. The van der Waals surface area contributed by atoms with Gasteiger partial charge in [-0.05, 0) is 24.3 Å². The molecule has 0 fully saturated rings. The molecule has 0 saturated heterocycles. The van der Waals surface area contributed by atoms with Gasteiger partial charge in [0.2, 0.25) is 0 Å². The molecular weight excluding hydrogens is 232 g/mol. The second-order valence-corrected chi connectivity index (χ2v) is 3.44. The molecule has 0 saturated carbocycles. The lowest BCUT2D eigenvalue weighted by Crippen LogP contribution is -2.23. The summed E-state index contributed by atoms with van der Waals surface area (Å²) < 4.78 is 0. The number of hydrogen-bond acceptors (Lipinski definition) is 4. The van der Waals surface area contributed by atoms with Gasteiger partial charge in [-0.25, -0.2) is 4.98 Å². The predicted molar refractivity (Wildman–Crippen MR) is 64.0 cm³/mol. The van der Waals surface area contributed by atoms with Crippen molar-refractivity contribution in [2.24, 2.45) is 0 Å². The van der Waals surface area contributed by atoms with Crippen LogP contribution in [0.3, 0.4) is 0 Å². The van der Waals surface area contributed by atoms with Crippen LogP contribution < -0.4 is 10.9 Å². The number of anilines is 1. The number of H-pyrrole nitrogens is 1.